The van der Waals surface area contributed by atoms with E-state index in [1.54, 1.807) is 0 Å². The number of fused-ring (bicyclic) bond motifs is 8. The first-order valence-electron chi connectivity index (χ1n) is 16.8. The third-order valence-electron chi connectivity index (χ3n) is 9.41. The number of carbonyl (C=O) groups is 1. The summed E-state index contributed by atoms with van der Waals surface area (Å²) in [5.41, 5.74) is 4.16. The second kappa shape index (κ2) is 13.3. The van der Waals surface area contributed by atoms with Gasteiger partial charge in [-0.1, -0.05) is 18.2 Å². The highest BCUT2D eigenvalue weighted by atomic mass is 19.2. The predicted molar refractivity (Wildman–Crippen MR) is 183 cm³/mol. The second-order valence-corrected chi connectivity index (χ2v) is 14.4. The lowest BCUT2D eigenvalue weighted by molar-refractivity contribution is -0.160. The van der Waals surface area contributed by atoms with Crippen LogP contribution in [0.5, 0.6) is 5.75 Å². The molecule has 262 valence electrons. The van der Waals surface area contributed by atoms with Crippen molar-refractivity contribution >= 4 is 17.4 Å². The number of aliphatic carboxylic acids is 1. The van der Waals surface area contributed by atoms with Crippen LogP contribution in [0.4, 0.5) is 14.6 Å². The van der Waals surface area contributed by atoms with Crippen molar-refractivity contribution in [3.05, 3.63) is 70.9 Å². The van der Waals surface area contributed by atoms with Gasteiger partial charge in [-0.25, -0.2) is 18.6 Å². The number of pyridine rings is 1. The van der Waals surface area contributed by atoms with Crippen molar-refractivity contribution < 1.29 is 37.6 Å². The van der Waals surface area contributed by atoms with Crippen LogP contribution >= 0.6 is 0 Å². The van der Waals surface area contributed by atoms with Crippen molar-refractivity contribution in [3.8, 4) is 28.1 Å². The molecule has 0 radical (unpaired) electrons. The zero-order valence-corrected chi connectivity index (χ0v) is 29.2. The summed E-state index contributed by atoms with van der Waals surface area (Å²) >= 11 is 0. The lowest BCUT2D eigenvalue weighted by Crippen LogP contribution is -2.46. The number of aromatic nitrogens is 2. The van der Waals surface area contributed by atoms with Gasteiger partial charge in [0.15, 0.2) is 17.7 Å². The first kappa shape index (κ1) is 34.8. The van der Waals surface area contributed by atoms with Gasteiger partial charge in [0.2, 0.25) is 0 Å². The molecule has 1 saturated heterocycles. The van der Waals surface area contributed by atoms with E-state index in [4.69, 9.17) is 23.9 Å². The first-order chi connectivity index (χ1) is 23.1. The number of benzene rings is 2. The molecule has 49 heavy (non-hydrogen) atoms. The standard InChI is InChI=1S/C38H45F2N3O6/c1-22-21-46-15-16-47-38(7)11-13-42(14-12-38)35-32(33(36(44)45)49-37(4,5)6)23(2)24(3)34-41-30(20-43(34)35)26-10-8-9-25(17-26)27-18-28(39)29(40)19-31(27)48-22/h8-10,17-20,22,33H,11-16,21H2,1-7H3,(H,44,45)/t22-,33-/m0/s1. The Hall–Kier alpha value is -4.06. The lowest BCUT2D eigenvalue weighted by atomic mass is 9.92. The monoisotopic (exact) mass is 677 g/mol. The minimum atomic E-state index is -1.23. The Morgan fingerprint density at radius 1 is 1.06 bits per heavy atom. The Balaban J connectivity index is 1.57. The summed E-state index contributed by atoms with van der Waals surface area (Å²) in [5, 5.41) is 10.6. The van der Waals surface area contributed by atoms with Gasteiger partial charge in [-0.05, 0) is 90.1 Å². The van der Waals surface area contributed by atoms with Crippen LogP contribution in [0.3, 0.4) is 0 Å². The maximum absolute atomic E-state index is 14.7. The first-order valence-corrected chi connectivity index (χ1v) is 16.8. The van der Waals surface area contributed by atoms with E-state index in [0.717, 1.165) is 34.6 Å². The molecule has 3 aliphatic rings. The van der Waals surface area contributed by atoms with E-state index in [9.17, 15) is 18.7 Å². The van der Waals surface area contributed by atoms with Gasteiger partial charge in [-0.3, -0.25) is 4.40 Å². The number of anilines is 1. The Labute approximate surface area is 285 Å². The van der Waals surface area contributed by atoms with Crippen LogP contribution in [-0.4, -0.2) is 70.7 Å². The highest BCUT2D eigenvalue weighted by Gasteiger charge is 2.38. The number of carboxylic acids is 1. The van der Waals surface area contributed by atoms with Crippen molar-refractivity contribution in [3.63, 3.8) is 0 Å². The molecule has 6 bridgehead atoms. The highest BCUT2D eigenvalue weighted by Crippen LogP contribution is 2.41. The maximum atomic E-state index is 14.7. The normalized spacial score (nSPS) is 21.0. The smallest absolute Gasteiger partial charge is 0.337 e. The number of carboxylic acid groups (broad SMARTS) is 1. The van der Waals surface area contributed by atoms with Crippen LogP contribution in [-0.2, 0) is 19.0 Å². The van der Waals surface area contributed by atoms with Crippen molar-refractivity contribution in [2.45, 2.75) is 84.7 Å². The molecule has 2 atom stereocenters. The van der Waals surface area contributed by atoms with Crippen LogP contribution in [0.2, 0.25) is 0 Å². The summed E-state index contributed by atoms with van der Waals surface area (Å²) in [7, 11) is 0. The molecule has 1 N–H and O–H groups in total. The number of aryl methyl sites for hydroxylation is 1. The van der Waals surface area contributed by atoms with Gasteiger partial charge in [0.05, 0.1) is 36.7 Å². The van der Waals surface area contributed by atoms with Crippen molar-refractivity contribution in [2.75, 3.05) is 37.8 Å². The number of ether oxygens (including phenoxy) is 4. The van der Waals surface area contributed by atoms with Crippen molar-refractivity contribution in [1.82, 2.24) is 9.38 Å². The van der Waals surface area contributed by atoms with E-state index >= 15 is 0 Å². The quantitative estimate of drug-likeness (QED) is 0.221. The van der Waals surface area contributed by atoms with E-state index in [1.165, 1.54) is 0 Å². The van der Waals surface area contributed by atoms with Gasteiger partial charge in [0.1, 0.15) is 23.3 Å². The third kappa shape index (κ3) is 7.15. The van der Waals surface area contributed by atoms with E-state index in [2.05, 4.69) is 11.8 Å². The molecular formula is C38H45F2N3O6. The number of hydrogen-bond acceptors (Lipinski definition) is 7. The summed E-state index contributed by atoms with van der Waals surface area (Å²) < 4.78 is 55.7. The van der Waals surface area contributed by atoms with Crippen molar-refractivity contribution in [1.29, 1.82) is 0 Å². The van der Waals surface area contributed by atoms with Crippen LogP contribution in [0.15, 0.2) is 42.6 Å². The SMILES string of the molecule is Cc1c([C@H](OC(C)(C)C)C(=O)O)c2n3cc(nc3c1C)-c1cccc(c1)-c1cc(F)c(F)cc1O[C@@H](C)COCCOC1(C)CCN2CC1. The molecule has 5 heterocycles. The second-order valence-electron chi connectivity index (χ2n) is 14.4. The van der Waals surface area contributed by atoms with Crippen LogP contribution in [0.1, 0.15) is 70.3 Å². The minimum absolute atomic E-state index is 0.197. The number of rotatable bonds is 3. The lowest BCUT2D eigenvalue weighted by Gasteiger charge is -2.42. The molecule has 0 aliphatic carbocycles. The van der Waals surface area contributed by atoms with E-state index < -0.39 is 41.0 Å². The Kier molecular flexibility index (Phi) is 9.47. The average molecular weight is 678 g/mol. The number of piperidine rings is 1. The summed E-state index contributed by atoms with van der Waals surface area (Å²) in [6, 6.07) is 9.64. The fourth-order valence-corrected chi connectivity index (χ4v) is 6.72. The van der Waals surface area contributed by atoms with E-state index in [-0.39, 0.29) is 12.4 Å². The molecule has 0 amide bonds. The number of imidazole rings is 1. The molecular weight excluding hydrogens is 632 g/mol. The summed E-state index contributed by atoms with van der Waals surface area (Å²) in [6.45, 7) is 15.5. The maximum Gasteiger partial charge on any atom is 0.337 e. The molecule has 4 aromatic rings. The molecule has 11 heteroatoms. The molecule has 1 fully saturated rings. The zero-order chi connectivity index (χ0) is 35.2. The van der Waals surface area contributed by atoms with Gasteiger partial charge in [0.25, 0.3) is 0 Å². The topological polar surface area (TPSA) is 94.8 Å². The minimum Gasteiger partial charge on any atom is -0.488 e. The third-order valence-corrected chi connectivity index (χ3v) is 9.41. The Bertz CT molecular complexity index is 1880. The fraction of sp³-hybridized carbons (Fsp3) is 0.474. The largest absolute Gasteiger partial charge is 0.488 e. The van der Waals surface area contributed by atoms with Crippen molar-refractivity contribution in [2.24, 2.45) is 0 Å². The van der Waals surface area contributed by atoms with Crippen LogP contribution in [0.25, 0.3) is 28.0 Å². The van der Waals surface area contributed by atoms with Gasteiger partial charge in [-0.15, -0.1) is 0 Å². The molecule has 9 nitrogen and oxygen atoms in total. The predicted octanol–water partition coefficient (Wildman–Crippen LogP) is 7.68. The van der Waals surface area contributed by atoms with Gasteiger partial charge >= 0.3 is 5.97 Å². The summed E-state index contributed by atoms with van der Waals surface area (Å²) in [4.78, 5) is 20.2. The highest BCUT2D eigenvalue weighted by molar-refractivity contribution is 5.81. The molecule has 2 aromatic carbocycles. The number of halogens is 2. The average Bonchev–Trinajstić information content (AvgIpc) is 3.48. The fourth-order valence-electron chi connectivity index (χ4n) is 6.72. The molecule has 0 saturated carbocycles. The molecule has 0 spiro atoms. The van der Waals surface area contributed by atoms with Gasteiger partial charge < -0.3 is 29.0 Å². The van der Waals surface area contributed by atoms with Gasteiger partial charge in [-0.2, -0.15) is 0 Å². The zero-order valence-electron chi connectivity index (χ0n) is 29.2. The van der Waals surface area contributed by atoms with Crippen LogP contribution in [0, 0.1) is 25.5 Å². The van der Waals surface area contributed by atoms with E-state index in [0.29, 0.717) is 67.2 Å². The van der Waals surface area contributed by atoms with E-state index in [1.807, 2.05) is 76.4 Å². The van der Waals surface area contributed by atoms with Gasteiger partial charge in [0, 0.05) is 42.0 Å². The summed E-state index contributed by atoms with van der Waals surface area (Å²) in [5.74, 6) is -2.15. The van der Waals surface area contributed by atoms with Crippen LogP contribution < -0.4 is 9.64 Å². The Morgan fingerprint density at radius 2 is 1.76 bits per heavy atom. The Morgan fingerprint density at radius 3 is 2.45 bits per heavy atom. The molecule has 0 unspecified atom stereocenters. The number of nitrogens with zero attached hydrogens (tertiary/aromatic N) is 3. The molecule has 2 aromatic heterocycles. The summed E-state index contributed by atoms with van der Waals surface area (Å²) in [6.07, 6.45) is 1.67. The number of hydrogen-bond donors (Lipinski definition) is 1. The molecule has 7 rings (SSSR count). The molecule has 3 aliphatic heterocycles.